The van der Waals surface area contributed by atoms with Crippen LogP contribution in [0.1, 0.15) is 31.4 Å². The number of imide groups is 1. The Morgan fingerprint density at radius 3 is 2.08 bits per heavy atom. The number of carbonyl (C=O) groups is 3. The van der Waals surface area contributed by atoms with Gasteiger partial charge in [0.1, 0.15) is 12.6 Å². The van der Waals surface area contributed by atoms with E-state index < -0.39 is 23.8 Å². The van der Waals surface area contributed by atoms with Crippen molar-refractivity contribution in [3.05, 3.63) is 72.1 Å². The number of ether oxygens (including phenoxy) is 2. The molecule has 0 radical (unpaired) electrons. The van der Waals surface area contributed by atoms with E-state index in [0.717, 1.165) is 21.8 Å². The Kier molecular flexibility index (Phi) is 6.77. The summed E-state index contributed by atoms with van der Waals surface area (Å²) in [6.45, 7) is 5.30. The molecule has 2 atom stereocenters. The van der Waals surface area contributed by atoms with Gasteiger partial charge in [-0.05, 0) is 24.5 Å². The Morgan fingerprint density at radius 2 is 1.50 bits per heavy atom. The maximum Gasteiger partial charge on any atom is 0.323 e. The predicted octanol–water partition coefficient (Wildman–Crippen LogP) is 3.48. The number of aromatic nitrogens is 2. The second-order valence-corrected chi connectivity index (χ2v) is 10.7. The van der Waals surface area contributed by atoms with Gasteiger partial charge < -0.3 is 24.3 Å². The molecule has 2 aliphatic heterocycles. The van der Waals surface area contributed by atoms with Crippen LogP contribution in [0.3, 0.4) is 0 Å². The zero-order valence-electron chi connectivity index (χ0n) is 22.6. The molecular formula is C31H32N4O5. The number of para-hydroxylation sites is 2. The number of nitrogens with two attached hydrogens (primary N) is 1. The molecule has 0 saturated carbocycles. The molecular weight excluding hydrogens is 508 g/mol. The molecule has 4 bridgehead atoms. The lowest BCUT2D eigenvalue weighted by atomic mass is 9.95. The van der Waals surface area contributed by atoms with Gasteiger partial charge in [0, 0.05) is 58.4 Å². The average Bonchev–Trinajstić information content (AvgIpc) is 3.59. The molecule has 4 aromatic rings. The molecule has 0 spiro atoms. The summed E-state index contributed by atoms with van der Waals surface area (Å²) in [6, 6.07) is 15.0. The number of hydrogen-bond donors (Lipinski definition) is 2. The van der Waals surface area contributed by atoms with E-state index in [-0.39, 0.29) is 18.6 Å². The second-order valence-electron chi connectivity index (χ2n) is 10.7. The summed E-state index contributed by atoms with van der Waals surface area (Å²) in [5, 5.41) is 4.30. The van der Waals surface area contributed by atoms with Crippen molar-refractivity contribution in [3.63, 3.8) is 0 Å². The van der Waals surface area contributed by atoms with Crippen molar-refractivity contribution < 1.29 is 23.9 Å². The molecule has 2 amide bonds. The van der Waals surface area contributed by atoms with E-state index >= 15 is 0 Å². The minimum Gasteiger partial charge on any atom is -0.462 e. The van der Waals surface area contributed by atoms with Crippen LogP contribution in [-0.4, -0.2) is 52.3 Å². The fourth-order valence-corrected chi connectivity index (χ4v) is 5.59. The number of hydrogen-bond acceptors (Lipinski definition) is 6. The predicted molar refractivity (Wildman–Crippen MR) is 152 cm³/mol. The lowest BCUT2D eigenvalue weighted by Crippen LogP contribution is -2.38. The summed E-state index contributed by atoms with van der Waals surface area (Å²) < 4.78 is 16.0. The molecule has 206 valence electrons. The summed E-state index contributed by atoms with van der Waals surface area (Å²) in [6.07, 6.45) is 4.06. The van der Waals surface area contributed by atoms with E-state index in [9.17, 15) is 14.4 Å². The van der Waals surface area contributed by atoms with Gasteiger partial charge in [0.15, 0.2) is 0 Å². The van der Waals surface area contributed by atoms with Crippen LogP contribution in [0.2, 0.25) is 0 Å². The summed E-state index contributed by atoms with van der Waals surface area (Å²) in [5.41, 5.74) is 10.0. The van der Waals surface area contributed by atoms with Gasteiger partial charge >= 0.3 is 5.97 Å². The lowest BCUT2D eigenvalue weighted by Gasteiger charge is -2.21. The van der Waals surface area contributed by atoms with Gasteiger partial charge in [0.25, 0.3) is 11.8 Å². The van der Waals surface area contributed by atoms with Crippen LogP contribution in [0, 0.1) is 5.92 Å². The maximum atomic E-state index is 13.3. The van der Waals surface area contributed by atoms with Crippen LogP contribution in [0.5, 0.6) is 0 Å². The third kappa shape index (κ3) is 4.51. The maximum absolute atomic E-state index is 13.3. The molecule has 0 saturated heterocycles. The Morgan fingerprint density at radius 1 is 0.950 bits per heavy atom. The quantitative estimate of drug-likeness (QED) is 0.302. The van der Waals surface area contributed by atoms with Crippen LogP contribution >= 0.6 is 0 Å². The first-order valence-electron chi connectivity index (χ1n) is 13.6. The number of aryl methyl sites for hydroxylation is 1. The van der Waals surface area contributed by atoms with Crippen LogP contribution in [0.4, 0.5) is 0 Å². The monoisotopic (exact) mass is 540 g/mol. The molecule has 3 N–H and O–H groups in total. The zero-order chi connectivity index (χ0) is 28.0. The van der Waals surface area contributed by atoms with Gasteiger partial charge in [-0.3, -0.25) is 19.7 Å². The number of amides is 2. The fourth-order valence-electron chi connectivity index (χ4n) is 5.59. The molecule has 6 rings (SSSR count). The minimum atomic E-state index is -0.693. The van der Waals surface area contributed by atoms with E-state index in [4.69, 9.17) is 15.2 Å². The average molecular weight is 541 g/mol. The SMILES string of the molecule is CC(C)[C@@H](N)C(=O)OC[C@@H]1CCn2cc(c3ccccc32)C2=C(C(=O)NC2=O)c2cn(c3ccccc23)CCO1. The molecule has 4 heterocycles. The van der Waals surface area contributed by atoms with Crippen molar-refractivity contribution in [3.8, 4) is 0 Å². The van der Waals surface area contributed by atoms with Crippen LogP contribution in [0.25, 0.3) is 33.0 Å². The number of esters is 1. The van der Waals surface area contributed by atoms with Crippen molar-refractivity contribution in [2.75, 3.05) is 13.2 Å². The fraction of sp³-hybridized carbons (Fsp3) is 0.323. The number of nitrogens with one attached hydrogen (secondary N) is 1. The molecule has 0 aliphatic carbocycles. The molecule has 9 heteroatoms. The van der Waals surface area contributed by atoms with Gasteiger partial charge in [-0.2, -0.15) is 0 Å². The summed E-state index contributed by atoms with van der Waals surface area (Å²) >= 11 is 0. The molecule has 2 aliphatic rings. The number of rotatable bonds is 4. The number of fused-ring (bicyclic) bond motifs is 12. The first-order chi connectivity index (χ1) is 19.3. The Hall–Kier alpha value is -4.21. The summed E-state index contributed by atoms with van der Waals surface area (Å²) in [4.78, 5) is 39.0. The highest BCUT2D eigenvalue weighted by Gasteiger charge is 2.35. The largest absolute Gasteiger partial charge is 0.462 e. The zero-order valence-corrected chi connectivity index (χ0v) is 22.6. The summed E-state index contributed by atoms with van der Waals surface area (Å²) in [5.74, 6) is -1.27. The highest BCUT2D eigenvalue weighted by Crippen LogP contribution is 2.39. The molecule has 9 nitrogen and oxygen atoms in total. The Balaban J connectivity index is 1.47. The van der Waals surface area contributed by atoms with Gasteiger partial charge in [-0.15, -0.1) is 0 Å². The van der Waals surface area contributed by atoms with E-state index in [1.54, 1.807) is 0 Å². The topological polar surface area (TPSA) is 118 Å². The van der Waals surface area contributed by atoms with Crippen LogP contribution in [0.15, 0.2) is 60.9 Å². The van der Waals surface area contributed by atoms with Crippen molar-refractivity contribution in [2.45, 2.75) is 45.5 Å². The molecule has 0 unspecified atom stereocenters. The number of benzene rings is 2. The van der Waals surface area contributed by atoms with Crippen molar-refractivity contribution in [1.29, 1.82) is 0 Å². The van der Waals surface area contributed by atoms with Gasteiger partial charge in [-0.25, -0.2) is 0 Å². The third-order valence-electron chi connectivity index (χ3n) is 7.83. The number of carbonyl (C=O) groups excluding carboxylic acids is 3. The van der Waals surface area contributed by atoms with Crippen LogP contribution in [-0.2, 0) is 36.9 Å². The Labute approximate surface area is 231 Å². The van der Waals surface area contributed by atoms with Crippen molar-refractivity contribution in [1.82, 2.24) is 14.5 Å². The van der Waals surface area contributed by atoms with E-state index in [1.807, 2.05) is 79.3 Å². The second kappa shape index (κ2) is 10.4. The third-order valence-corrected chi connectivity index (χ3v) is 7.83. The van der Waals surface area contributed by atoms with E-state index in [1.165, 1.54) is 0 Å². The van der Waals surface area contributed by atoms with Gasteiger partial charge in [0.2, 0.25) is 0 Å². The van der Waals surface area contributed by atoms with Gasteiger partial charge in [0.05, 0.1) is 23.9 Å². The molecule has 40 heavy (non-hydrogen) atoms. The first kappa shape index (κ1) is 26.0. The molecule has 2 aromatic heterocycles. The Bertz CT molecular complexity index is 1680. The normalized spacial score (nSPS) is 18.6. The minimum absolute atomic E-state index is 0.0304. The highest BCUT2D eigenvalue weighted by molar-refractivity contribution is 6.50. The van der Waals surface area contributed by atoms with E-state index in [0.29, 0.717) is 48.4 Å². The van der Waals surface area contributed by atoms with Gasteiger partial charge in [-0.1, -0.05) is 50.2 Å². The van der Waals surface area contributed by atoms with Crippen molar-refractivity contribution in [2.24, 2.45) is 11.7 Å². The summed E-state index contributed by atoms with van der Waals surface area (Å²) in [7, 11) is 0. The molecule has 2 aromatic carbocycles. The first-order valence-corrected chi connectivity index (χ1v) is 13.6. The molecule has 0 fully saturated rings. The van der Waals surface area contributed by atoms with E-state index in [2.05, 4.69) is 9.88 Å². The highest BCUT2D eigenvalue weighted by atomic mass is 16.6. The smallest absolute Gasteiger partial charge is 0.323 e. The standard InChI is InChI=1S/C31H32N4O5/c1-18(2)28(32)31(38)40-17-19-11-12-34-15-22(20-7-3-5-9-24(20)34)26-27(30(37)33-29(26)36)23-16-35(13-14-39-19)25-10-6-4-8-21(23)25/h3-10,15-16,18-19,28H,11-14,17,32H2,1-2H3,(H,33,36,37)/t19-,28+/m0/s1. The number of nitrogens with zero attached hydrogens (tertiary/aromatic N) is 2. The van der Waals surface area contributed by atoms with Crippen LogP contribution < -0.4 is 11.1 Å². The lowest BCUT2D eigenvalue weighted by molar-refractivity contribution is -0.151. The van der Waals surface area contributed by atoms with Crippen molar-refractivity contribution >= 4 is 50.7 Å².